The maximum atomic E-state index is 13.1. The number of aryl methyl sites for hydroxylation is 2. The third kappa shape index (κ3) is 3.98. The van der Waals surface area contributed by atoms with Crippen LogP contribution in [0.2, 0.25) is 0 Å². The number of benzene rings is 1. The van der Waals surface area contributed by atoms with Crippen LogP contribution in [0.25, 0.3) is 10.9 Å². The molecule has 152 valence electrons. The quantitative estimate of drug-likeness (QED) is 0.675. The molecule has 3 aromatic rings. The van der Waals surface area contributed by atoms with E-state index in [2.05, 4.69) is 9.97 Å². The molecular formula is C21H23F2N5O. The lowest BCUT2D eigenvalue weighted by Crippen LogP contribution is -2.48. The van der Waals surface area contributed by atoms with Gasteiger partial charge in [0, 0.05) is 44.0 Å². The summed E-state index contributed by atoms with van der Waals surface area (Å²) in [5, 5.41) is 0.955. The number of carbonyl (C=O) groups excluding carboxylic acids is 1. The first-order valence-electron chi connectivity index (χ1n) is 9.62. The van der Waals surface area contributed by atoms with E-state index in [4.69, 9.17) is 0 Å². The maximum Gasteiger partial charge on any atom is 0.319 e. The predicted octanol–water partition coefficient (Wildman–Crippen LogP) is 3.40. The van der Waals surface area contributed by atoms with Crippen molar-refractivity contribution in [1.29, 1.82) is 0 Å². The van der Waals surface area contributed by atoms with Gasteiger partial charge in [-0.1, -0.05) is 11.6 Å². The monoisotopic (exact) mass is 399 g/mol. The van der Waals surface area contributed by atoms with Gasteiger partial charge in [-0.15, -0.1) is 0 Å². The van der Waals surface area contributed by atoms with Crippen LogP contribution in [0.3, 0.4) is 0 Å². The number of piperazine rings is 1. The summed E-state index contributed by atoms with van der Waals surface area (Å²) < 4.78 is 26.9. The van der Waals surface area contributed by atoms with E-state index >= 15 is 0 Å². The van der Waals surface area contributed by atoms with E-state index in [9.17, 15) is 13.6 Å². The van der Waals surface area contributed by atoms with Gasteiger partial charge in [0.25, 0.3) is 5.91 Å². The third-order valence-electron chi connectivity index (χ3n) is 5.37. The molecule has 0 spiro atoms. The molecule has 1 saturated heterocycles. The Balaban J connectivity index is 1.44. The first-order valence-corrected chi connectivity index (χ1v) is 9.62. The zero-order valence-electron chi connectivity index (χ0n) is 16.5. The molecule has 1 fully saturated rings. The van der Waals surface area contributed by atoms with Crippen LogP contribution in [0.4, 0.5) is 8.78 Å². The number of alkyl halides is 2. The van der Waals surface area contributed by atoms with Crippen molar-refractivity contribution in [3.63, 3.8) is 0 Å². The summed E-state index contributed by atoms with van der Waals surface area (Å²) >= 11 is 0. The standard InChI is InChI=1S/C21H23F2N5O/c1-14-3-4-18-16(11-14)12-17(15(2)25-18)20(29)27-9-7-26(8-10-27)13-19-24-5-6-28(19)21(22)23/h3-6,11-12,21H,7-10,13H2,1-2H3. The number of pyridine rings is 1. The van der Waals surface area contributed by atoms with Crippen LogP contribution in [0.15, 0.2) is 36.7 Å². The summed E-state index contributed by atoms with van der Waals surface area (Å²) in [6.45, 7) is 3.92. The molecule has 3 heterocycles. The van der Waals surface area contributed by atoms with Crippen molar-refractivity contribution >= 4 is 16.8 Å². The Hall–Kier alpha value is -2.87. The molecule has 1 amide bonds. The number of imidazole rings is 1. The van der Waals surface area contributed by atoms with Crippen molar-refractivity contribution in [2.45, 2.75) is 26.9 Å². The first-order chi connectivity index (χ1) is 13.9. The van der Waals surface area contributed by atoms with Crippen LogP contribution in [-0.4, -0.2) is 56.4 Å². The molecule has 0 bridgehead atoms. The van der Waals surface area contributed by atoms with Crippen LogP contribution < -0.4 is 0 Å². The van der Waals surface area contributed by atoms with Gasteiger partial charge in [-0.2, -0.15) is 8.78 Å². The number of rotatable bonds is 4. The lowest BCUT2D eigenvalue weighted by atomic mass is 10.1. The first kappa shape index (κ1) is 19.4. The summed E-state index contributed by atoms with van der Waals surface area (Å²) in [5.74, 6) is 0.303. The fourth-order valence-corrected chi connectivity index (χ4v) is 3.73. The van der Waals surface area contributed by atoms with Crippen molar-refractivity contribution in [3.8, 4) is 0 Å². The van der Waals surface area contributed by atoms with E-state index in [1.807, 2.05) is 47.9 Å². The number of nitrogens with zero attached hydrogens (tertiary/aromatic N) is 5. The number of halogens is 2. The smallest absolute Gasteiger partial charge is 0.319 e. The minimum absolute atomic E-state index is 0.0351. The summed E-state index contributed by atoms with van der Waals surface area (Å²) in [4.78, 5) is 25.5. The van der Waals surface area contributed by atoms with Gasteiger partial charge >= 0.3 is 6.55 Å². The zero-order valence-corrected chi connectivity index (χ0v) is 16.5. The molecule has 0 saturated carbocycles. The van der Waals surface area contributed by atoms with Crippen molar-refractivity contribution in [2.75, 3.05) is 26.2 Å². The molecule has 6 nitrogen and oxygen atoms in total. The van der Waals surface area contributed by atoms with Gasteiger partial charge in [-0.25, -0.2) is 4.98 Å². The van der Waals surface area contributed by atoms with Crippen molar-refractivity contribution < 1.29 is 13.6 Å². The number of amides is 1. The van der Waals surface area contributed by atoms with E-state index in [1.165, 1.54) is 12.4 Å². The van der Waals surface area contributed by atoms with Gasteiger partial charge in [-0.3, -0.25) is 19.2 Å². The van der Waals surface area contributed by atoms with Crippen LogP contribution in [0.1, 0.15) is 34.0 Å². The SMILES string of the molecule is Cc1ccc2nc(C)c(C(=O)N3CCN(Cc4nccn4C(F)F)CC3)cc2c1. The van der Waals surface area contributed by atoms with Crippen LogP contribution in [0.5, 0.6) is 0 Å². The number of aromatic nitrogens is 3. The highest BCUT2D eigenvalue weighted by Crippen LogP contribution is 2.21. The Morgan fingerprint density at radius 3 is 2.62 bits per heavy atom. The Morgan fingerprint density at radius 2 is 1.90 bits per heavy atom. The van der Waals surface area contributed by atoms with Crippen molar-refractivity contribution in [3.05, 3.63) is 59.3 Å². The van der Waals surface area contributed by atoms with E-state index < -0.39 is 6.55 Å². The molecule has 0 radical (unpaired) electrons. The number of fused-ring (bicyclic) bond motifs is 1. The zero-order chi connectivity index (χ0) is 20.5. The van der Waals surface area contributed by atoms with Gasteiger partial charge < -0.3 is 4.90 Å². The number of carbonyl (C=O) groups is 1. The van der Waals surface area contributed by atoms with E-state index in [1.54, 1.807) is 0 Å². The largest absolute Gasteiger partial charge is 0.336 e. The molecule has 2 aromatic heterocycles. The fourth-order valence-electron chi connectivity index (χ4n) is 3.73. The third-order valence-corrected chi connectivity index (χ3v) is 5.37. The van der Waals surface area contributed by atoms with E-state index in [0.717, 1.165) is 21.0 Å². The minimum Gasteiger partial charge on any atom is -0.336 e. The van der Waals surface area contributed by atoms with E-state index in [0.29, 0.717) is 49.8 Å². The molecule has 1 aliphatic heterocycles. The summed E-state index contributed by atoms with van der Waals surface area (Å²) in [5.41, 5.74) is 3.33. The highest BCUT2D eigenvalue weighted by molar-refractivity contribution is 5.98. The Kier molecular flexibility index (Phi) is 5.27. The van der Waals surface area contributed by atoms with E-state index in [-0.39, 0.29) is 5.91 Å². The van der Waals surface area contributed by atoms with Crippen LogP contribution in [0, 0.1) is 13.8 Å². The van der Waals surface area contributed by atoms with Crippen molar-refractivity contribution in [2.24, 2.45) is 0 Å². The summed E-state index contributed by atoms with van der Waals surface area (Å²) in [6, 6.07) is 7.92. The normalized spacial score (nSPS) is 15.4. The highest BCUT2D eigenvalue weighted by Gasteiger charge is 2.25. The number of hydrogen-bond acceptors (Lipinski definition) is 4. The Bertz CT molecular complexity index is 1040. The second-order valence-electron chi connectivity index (χ2n) is 7.41. The molecule has 1 aromatic carbocycles. The highest BCUT2D eigenvalue weighted by atomic mass is 19.3. The predicted molar refractivity (Wildman–Crippen MR) is 106 cm³/mol. The van der Waals surface area contributed by atoms with Gasteiger partial charge in [-0.05, 0) is 32.0 Å². The number of hydrogen-bond donors (Lipinski definition) is 0. The van der Waals surface area contributed by atoms with Gasteiger partial charge in [0.1, 0.15) is 5.82 Å². The van der Waals surface area contributed by atoms with Crippen LogP contribution in [-0.2, 0) is 6.54 Å². The summed E-state index contributed by atoms with van der Waals surface area (Å²) in [6.07, 6.45) is 2.68. The maximum absolute atomic E-state index is 13.1. The van der Waals surface area contributed by atoms with Gasteiger partial charge in [0.2, 0.25) is 0 Å². The molecule has 0 atom stereocenters. The molecule has 29 heavy (non-hydrogen) atoms. The fraction of sp³-hybridized carbons (Fsp3) is 0.381. The second kappa shape index (κ2) is 7.87. The molecule has 0 unspecified atom stereocenters. The molecule has 4 rings (SSSR count). The van der Waals surface area contributed by atoms with Crippen molar-refractivity contribution in [1.82, 2.24) is 24.3 Å². The molecular weight excluding hydrogens is 376 g/mol. The molecule has 0 aliphatic carbocycles. The van der Waals surface area contributed by atoms with Gasteiger partial charge in [0.15, 0.2) is 0 Å². The van der Waals surface area contributed by atoms with Gasteiger partial charge in [0.05, 0.1) is 23.3 Å². The lowest BCUT2D eigenvalue weighted by molar-refractivity contribution is 0.0555. The molecule has 8 heteroatoms. The lowest BCUT2D eigenvalue weighted by Gasteiger charge is -2.34. The van der Waals surface area contributed by atoms with Crippen LogP contribution >= 0.6 is 0 Å². The Morgan fingerprint density at radius 1 is 1.14 bits per heavy atom. The molecule has 0 N–H and O–H groups in total. The average Bonchev–Trinajstić information content (AvgIpc) is 3.16. The second-order valence-corrected chi connectivity index (χ2v) is 7.41. The summed E-state index contributed by atoms with van der Waals surface area (Å²) in [7, 11) is 0. The molecule has 1 aliphatic rings. The minimum atomic E-state index is -2.60. The topological polar surface area (TPSA) is 54.3 Å². The Labute approximate surface area is 167 Å². The average molecular weight is 399 g/mol.